The van der Waals surface area contributed by atoms with Gasteiger partial charge in [-0.3, -0.25) is 9.59 Å². The molecule has 1 saturated heterocycles. The Morgan fingerprint density at radius 3 is 2.33 bits per heavy atom. The van der Waals surface area contributed by atoms with E-state index in [-0.39, 0.29) is 22.9 Å². The Balaban J connectivity index is 2.28. The van der Waals surface area contributed by atoms with Gasteiger partial charge in [0.2, 0.25) is 15.9 Å². The first-order chi connectivity index (χ1) is 11.4. The van der Waals surface area contributed by atoms with Gasteiger partial charge in [-0.25, -0.2) is 8.42 Å². The Morgan fingerprint density at radius 1 is 1.12 bits per heavy atom. The second-order valence-corrected chi connectivity index (χ2v) is 7.80. The number of nitrogens with zero attached hydrogens (tertiary/aromatic N) is 3. The van der Waals surface area contributed by atoms with Crippen molar-refractivity contribution in [2.75, 3.05) is 26.2 Å². The molecule has 1 aliphatic heterocycles. The first kappa shape index (κ1) is 18.7. The van der Waals surface area contributed by atoms with Gasteiger partial charge in [0.25, 0.3) is 5.56 Å². The Morgan fingerprint density at radius 2 is 1.75 bits per heavy atom. The van der Waals surface area contributed by atoms with Gasteiger partial charge in [0.05, 0.1) is 4.90 Å². The van der Waals surface area contributed by atoms with Crippen LogP contribution in [-0.2, 0) is 21.4 Å². The van der Waals surface area contributed by atoms with Crippen molar-refractivity contribution in [3.8, 4) is 0 Å². The van der Waals surface area contributed by atoms with Gasteiger partial charge in [0.15, 0.2) is 0 Å². The molecule has 2 heterocycles. The van der Waals surface area contributed by atoms with Gasteiger partial charge in [0, 0.05) is 38.4 Å². The smallest absolute Gasteiger partial charge is 0.251 e. The SMILES string of the molecule is CCN(CC)C(=O)Cn1cc(S(=O)(=O)N2CCCCC2)ccc1=O. The largest absolute Gasteiger partial charge is 0.342 e. The van der Waals surface area contributed by atoms with Crippen LogP contribution in [0.2, 0.25) is 0 Å². The quantitative estimate of drug-likeness (QED) is 0.759. The predicted octanol–water partition coefficient (Wildman–Crippen LogP) is 0.891. The van der Waals surface area contributed by atoms with Crippen molar-refractivity contribution in [2.45, 2.75) is 44.6 Å². The summed E-state index contributed by atoms with van der Waals surface area (Å²) in [6.07, 6.45) is 4.01. The number of hydrogen-bond acceptors (Lipinski definition) is 4. The first-order valence-electron chi connectivity index (χ1n) is 8.38. The molecule has 0 aromatic carbocycles. The number of hydrogen-bond donors (Lipinski definition) is 0. The zero-order chi connectivity index (χ0) is 17.7. The highest BCUT2D eigenvalue weighted by atomic mass is 32.2. The molecule has 0 saturated carbocycles. The molecule has 2 rings (SSSR count). The van der Waals surface area contributed by atoms with Crippen molar-refractivity contribution in [3.05, 3.63) is 28.7 Å². The van der Waals surface area contributed by atoms with Crippen molar-refractivity contribution < 1.29 is 13.2 Å². The van der Waals surface area contributed by atoms with E-state index >= 15 is 0 Å². The minimum Gasteiger partial charge on any atom is -0.342 e. The molecule has 1 fully saturated rings. The van der Waals surface area contributed by atoms with E-state index in [1.54, 1.807) is 4.90 Å². The highest BCUT2D eigenvalue weighted by molar-refractivity contribution is 7.89. The molecule has 1 aromatic heterocycles. The lowest BCUT2D eigenvalue weighted by molar-refractivity contribution is -0.131. The minimum atomic E-state index is -3.62. The summed E-state index contributed by atoms with van der Waals surface area (Å²) in [5.41, 5.74) is -0.381. The summed E-state index contributed by atoms with van der Waals surface area (Å²) in [5, 5.41) is 0. The molecule has 134 valence electrons. The second-order valence-electron chi connectivity index (χ2n) is 5.86. The molecule has 1 aliphatic rings. The molecule has 0 spiro atoms. The van der Waals surface area contributed by atoms with Crippen molar-refractivity contribution >= 4 is 15.9 Å². The van der Waals surface area contributed by atoms with Gasteiger partial charge in [-0.05, 0) is 32.8 Å². The summed E-state index contributed by atoms with van der Waals surface area (Å²) in [5.74, 6) is -0.199. The van der Waals surface area contributed by atoms with Crippen LogP contribution in [0.5, 0.6) is 0 Å². The van der Waals surface area contributed by atoms with Gasteiger partial charge >= 0.3 is 0 Å². The summed E-state index contributed by atoms with van der Waals surface area (Å²) < 4.78 is 28.0. The van der Waals surface area contributed by atoms with Crippen LogP contribution in [-0.4, -0.2) is 54.3 Å². The molecule has 8 heteroatoms. The summed E-state index contributed by atoms with van der Waals surface area (Å²) in [6, 6.07) is 2.54. The zero-order valence-electron chi connectivity index (χ0n) is 14.3. The van der Waals surface area contributed by atoms with E-state index in [1.807, 2.05) is 13.8 Å². The van der Waals surface area contributed by atoms with Crippen LogP contribution in [0.3, 0.4) is 0 Å². The van der Waals surface area contributed by atoms with Gasteiger partial charge in [-0.2, -0.15) is 4.31 Å². The number of pyridine rings is 1. The molecule has 0 N–H and O–H groups in total. The maximum atomic E-state index is 12.7. The average Bonchev–Trinajstić information content (AvgIpc) is 2.58. The lowest BCUT2D eigenvalue weighted by Gasteiger charge is -2.26. The molecule has 24 heavy (non-hydrogen) atoms. The van der Waals surface area contributed by atoms with E-state index in [9.17, 15) is 18.0 Å². The number of sulfonamides is 1. The van der Waals surface area contributed by atoms with Crippen LogP contribution in [0.1, 0.15) is 33.1 Å². The van der Waals surface area contributed by atoms with Crippen LogP contribution in [0, 0.1) is 0 Å². The summed E-state index contributed by atoms with van der Waals surface area (Å²) in [4.78, 5) is 25.9. The molecule has 1 aromatic rings. The Hall–Kier alpha value is -1.67. The minimum absolute atomic E-state index is 0.0661. The van der Waals surface area contributed by atoms with Gasteiger partial charge in [-0.15, -0.1) is 0 Å². The fourth-order valence-electron chi connectivity index (χ4n) is 2.86. The van der Waals surface area contributed by atoms with E-state index < -0.39 is 10.0 Å². The maximum Gasteiger partial charge on any atom is 0.251 e. The number of carbonyl (C=O) groups excluding carboxylic acids is 1. The third-order valence-electron chi connectivity index (χ3n) is 4.33. The van der Waals surface area contributed by atoms with Crippen LogP contribution in [0.25, 0.3) is 0 Å². The molecule has 7 nitrogen and oxygen atoms in total. The van der Waals surface area contributed by atoms with Gasteiger partial charge in [0.1, 0.15) is 6.54 Å². The number of amides is 1. The van der Waals surface area contributed by atoms with Crippen LogP contribution >= 0.6 is 0 Å². The Bertz CT molecular complexity index is 732. The van der Waals surface area contributed by atoms with E-state index in [1.165, 1.54) is 27.2 Å². The molecule has 0 radical (unpaired) electrons. The number of carbonyl (C=O) groups is 1. The monoisotopic (exact) mass is 355 g/mol. The summed E-state index contributed by atoms with van der Waals surface area (Å²) >= 11 is 0. The summed E-state index contributed by atoms with van der Waals surface area (Å²) in [7, 11) is -3.62. The molecule has 0 bridgehead atoms. The lowest BCUT2D eigenvalue weighted by Crippen LogP contribution is -2.38. The lowest BCUT2D eigenvalue weighted by atomic mass is 10.2. The van der Waals surface area contributed by atoms with Crippen molar-refractivity contribution in [2.24, 2.45) is 0 Å². The number of aromatic nitrogens is 1. The molecule has 0 atom stereocenters. The maximum absolute atomic E-state index is 12.7. The highest BCUT2D eigenvalue weighted by Gasteiger charge is 2.26. The number of piperidine rings is 1. The van der Waals surface area contributed by atoms with Crippen molar-refractivity contribution in [3.63, 3.8) is 0 Å². The fourth-order valence-corrected chi connectivity index (χ4v) is 4.40. The van der Waals surface area contributed by atoms with Gasteiger partial charge in [-0.1, -0.05) is 6.42 Å². The zero-order valence-corrected chi connectivity index (χ0v) is 15.1. The summed E-state index contributed by atoms with van der Waals surface area (Å²) in [6.45, 7) is 5.68. The van der Waals surface area contributed by atoms with E-state index in [2.05, 4.69) is 0 Å². The first-order valence-corrected chi connectivity index (χ1v) is 9.82. The van der Waals surface area contributed by atoms with Crippen LogP contribution in [0.15, 0.2) is 28.0 Å². The van der Waals surface area contributed by atoms with Gasteiger partial charge < -0.3 is 9.47 Å². The Labute approximate surface area is 142 Å². The average molecular weight is 355 g/mol. The van der Waals surface area contributed by atoms with E-state index in [0.717, 1.165) is 19.3 Å². The topological polar surface area (TPSA) is 79.7 Å². The Kier molecular flexibility index (Phi) is 6.17. The number of likely N-dealkylation sites (N-methyl/N-ethyl adjacent to an activating group) is 1. The third-order valence-corrected chi connectivity index (χ3v) is 6.21. The van der Waals surface area contributed by atoms with E-state index in [0.29, 0.717) is 26.2 Å². The third kappa shape index (κ3) is 4.05. The highest BCUT2D eigenvalue weighted by Crippen LogP contribution is 2.19. The van der Waals surface area contributed by atoms with Crippen LogP contribution in [0.4, 0.5) is 0 Å². The molecule has 0 aliphatic carbocycles. The number of rotatable bonds is 6. The molecule has 1 amide bonds. The normalized spacial score (nSPS) is 16.1. The predicted molar refractivity (Wildman–Crippen MR) is 91.2 cm³/mol. The standard InChI is InChI=1S/C16H25N3O4S/c1-3-17(4-2)16(21)13-18-12-14(8-9-15(18)20)24(22,23)19-10-6-5-7-11-19/h8-9,12H,3-7,10-11,13H2,1-2H3. The molecular formula is C16H25N3O4S. The van der Waals surface area contributed by atoms with Crippen LogP contribution < -0.4 is 5.56 Å². The van der Waals surface area contributed by atoms with E-state index in [4.69, 9.17) is 0 Å². The second kappa shape index (κ2) is 7.94. The van der Waals surface area contributed by atoms with Crippen molar-refractivity contribution in [1.82, 2.24) is 13.8 Å². The van der Waals surface area contributed by atoms with Crippen molar-refractivity contribution in [1.29, 1.82) is 0 Å². The fraction of sp³-hybridized carbons (Fsp3) is 0.625. The molecule has 0 unspecified atom stereocenters. The molecular weight excluding hydrogens is 330 g/mol.